The largest absolute Gasteiger partial charge is 0.573 e. The lowest BCUT2D eigenvalue weighted by molar-refractivity contribution is -0.274. The van der Waals surface area contributed by atoms with Crippen LogP contribution in [0.2, 0.25) is 0 Å². The van der Waals surface area contributed by atoms with Gasteiger partial charge in [0.05, 0.1) is 11.3 Å². The number of nitrogens with one attached hydrogen (secondary N) is 1. The average molecular weight is 433 g/mol. The van der Waals surface area contributed by atoms with E-state index in [-0.39, 0.29) is 36.9 Å². The number of benzene rings is 2. The molecule has 0 bridgehead atoms. The number of ether oxygens (including phenoxy) is 1. The first kappa shape index (κ1) is 20.7. The fourth-order valence-corrected chi connectivity index (χ4v) is 4.18. The monoisotopic (exact) mass is 433 g/mol. The maximum atomic E-state index is 13.4. The van der Waals surface area contributed by atoms with Crippen LogP contribution in [0.3, 0.4) is 0 Å². The molecular weight excluding hydrogens is 415 g/mol. The van der Waals surface area contributed by atoms with Crippen LogP contribution in [0.4, 0.5) is 24.5 Å². The van der Waals surface area contributed by atoms with Crippen LogP contribution in [0.15, 0.2) is 48.5 Å². The molecule has 0 radical (unpaired) electrons. The zero-order valence-electron chi connectivity index (χ0n) is 16.4. The Morgan fingerprint density at radius 3 is 2.45 bits per heavy atom. The Hall–Kier alpha value is -3.56. The molecule has 2 aliphatic heterocycles. The minimum Gasteiger partial charge on any atom is -0.406 e. The fourth-order valence-electron chi connectivity index (χ4n) is 4.18. The Balaban J connectivity index is 1.69. The molecule has 1 unspecified atom stereocenters. The van der Waals surface area contributed by atoms with Crippen molar-refractivity contribution >= 4 is 29.1 Å². The fraction of sp³-hybridized carbons (Fsp3) is 0.286. The van der Waals surface area contributed by atoms with Crippen LogP contribution in [-0.4, -0.2) is 41.2 Å². The number of alkyl halides is 3. The molecule has 4 rings (SSSR count). The van der Waals surface area contributed by atoms with Crippen molar-refractivity contribution in [3.05, 3.63) is 54.1 Å². The van der Waals surface area contributed by atoms with Crippen LogP contribution in [0.5, 0.6) is 5.75 Å². The number of amides is 3. The zero-order chi connectivity index (χ0) is 22.4. The van der Waals surface area contributed by atoms with Gasteiger partial charge >= 0.3 is 6.36 Å². The molecule has 1 saturated heterocycles. The number of carbonyl (C=O) groups is 3. The molecule has 2 aliphatic rings. The smallest absolute Gasteiger partial charge is 0.406 e. The van der Waals surface area contributed by atoms with Crippen LogP contribution in [-0.2, 0) is 9.59 Å². The molecule has 3 amide bonds. The van der Waals surface area contributed by atoms with Gasteiger partial charge in [-0.25, -0.2) is 0 Å². The molecule has 1 N–H and O–H groups in total. The lowest BCUT2D eigenvalue weighted by Crippen LogP contribution is -2.69. The molecule has 2 aromatic rings. The van der Waals surface area contributed by atoms with Gasteiger partial charge in [0.25, 0.3) is 11.8 Å². The van der Waals surface area contributed by atoms with Gasteiger partial charge in [0.1, 0.15) is 5.75 Å². The second-order valence-corrected chi connectivity index (χ2v) is 7.14. The zero-order valence-corrected chi connectivity index (χ0v) is 16.4. The highest BCUT2D eigenvalue weighted by atomic mass is 19.4. The van der Waals surface area contributed by atoms with Crippen LogP contribution in [0.25, 0.3) is 0 Å². The molecule has 1 atom stereocenters. The normalized spacial score (nSPS) is 20.4. The van der Waals surface area contributed by atoms with Crippen LogP contribution >= 0.6 is 0 Å². The van der Waals surface area contributed by atoms with Gasteiger partial charge in [0.2, 0.25) is 11.6 Å². The number of para-hydroxylation sites is 1. The van der Waals surface area contributed by atoms with E-state index >= 15 is 0 Å². The number of halogens is 3. The number of hydrogen-bond acceptors (Lipinski definition) is 4. The summed E-state index contributed by atoms with van der Waals surface area (Å²) in [7, 11) is 0. The molecule has 2 aromatic carbocycles. The summed E-state index contributed by atoms with van der Waals surface area (Å²) in [5, 5.41) is 2.64. The van der Waals surface area contributed by atoms with Gasteiger partial charge in [0.15, 0.2) is 0 Å². The summed E-state index contributed by atoms with van der Waals surface area (Å²) in [5.41, 5.74) is -0.658. The number of fused-ring (bicyclic) bond motifs is 3. The molecule has 0 spiro atoms. The Morgan fingerprint density at radius 1 is 1.13 bits per heavy atom. The quantitative estimate of drug-likeness (QED) is 0.800. The SMILES string of the molecule is CCN1C(=O)c2ccccc2N2C(=O)CCC12C(=O)Nc1ccc(OC(F)(F)F)cc1. The van der Waals surface area contributed by atoms with E-state index in [0.717, 1.165) is 12.1 Å². The summed E-state index contributed by atoms with van der Waals surface area (Å²) in [6, 6.07) is 11.2. The van der Waals surface area contributed by atoms with Crippen molar-refractivity contribution in [2.45, 2.75) is 31.8 Å². The van der Waals surface area contributed by atoms with Gasteiger partial charge in [-0.2, -0.15) is 0 Å². The molecule has 7 nitrogen and oxygen atoms in total. The van der Waals surface area contributed by atoms with Gasteiger partial charge in [-0.05, 0) is 43.3 Å². The van der Waals surface area contributed by atoms with Crippen molar-refractivity contribution in [1.29, 1.82) is 0 Å². The maximum Gasteiger partial charge on any atom is 0.573 e. The van der Waals surface area contributed by atoms with Crippen LogP contribution < -0.4 is 15.0 Å². The molecule has 31 heavy (non-hydrogen) atoms. The Morgan fingerprint density at radius 2 is 1.81 bits per heavy atom. The van der Waals surface area contributed by atoms with E-state index in [9.17, 15) is 27.6 Å². The number of hydrogen-bond donors (Lipinski definition) is 1. The summed E-state index contributed by atoms with van der Waals surface area (Å²) >= 11 is 0. The topological polar surface area (TPSA) is 79.0 Å². The van der Waals surface area contributed by atoms with E-state index in [1.165, 1.54) is 21.9 Å². The summed E-state index contributed by atoms with van der Waals surface area (Å²) in [4.78, 5) is 42.0. The second-order valence-electron chi connectivity index (χ2n) is 7.14. The van der Waals surface area contributed by atoms with E-state index in [1.54, 1.807) is 31.2 Å². The molecule has 0 aromatic heterocycles. The van der Waals surface area contributed by atoms with Gasteiger partial charge in [0, 0.05) is 25.1 Å². The van der Waals surface area contributed by atoms with Crippen LogP contribution in [0.1, 0.15) is 30.1 Å². The van der Waals surface area contributed by atoms with Gasteiger partial charge < -0.3 is 15.0 Å². The minimum atomic E-state index is -4.83. The number of likely N-dealkylation sites (N-methyl/N-ethyl adjacent to an activating group) is 1. The lowest BCUT2D eigenvalue weighted by atomic mass is 9.95. The minimum absolute atomic E-state index is 0.0733. The first-order valence-corrected chi connectivity index (χ1v) is 9.58. The van der Waals surface area contributed by atoms with E-state index in [1.807, 2.05) is 0 Å². The van der Waals surface area contributed by atoms with Crippen LogP contribution in [0, 0.1) is 0 Å². The highest BCUT2D eigenvalue weighted by Crippen LogP contribution is 2.44. The predicted molar refractivity (Wildman–Crippen MR) is 104 cm³/mol. The molecule has 0 aliphatic carbocycles. The number of nitrogens with zero attached hydrogens (tertiary/aromatic N) is 2. The van der Waals surface area contributed by atoms with E-state index in [2.05, 4.69) is 10.1 Å². The molecule has 1 fully saturated rings. The molecule has 162 valence electrons. The van der Waals surface area contributed by atoms with Gasteiger partial charge in [-0.3, -0.25) is 19.3 Å². The van der Waals surface area contributed by atoms with E-state index < -0.39 is 23.7 Å². The first-order chi connectivity index (χ1) is 14.7. The highest BCUT2D eigenvalue weighted by molar-refractivity contribution is 6.18. The van der Waals surface area contributed by atoms with Crippen molar-refractivity contribution in [1.82, 2.24) is 4.90 Å². The Labute approximate surface area is 175 Å². The third-order valence-corrected chi connectivity index (χ3v) is 5.40. The van der Waals surface area contributed by atoms with Gasteiger partial charge in [-0.15, -0.1) is 13.2 Å². The highest BCUT2D eigenvalue weighted by Gasteiger charge is 2.60. The Kier molecular flexibility index (Phi) is 4.87. The molecule has 10 heteroatoms. The van der Waals surface area contributed by atoms with Crippen molar-refractivity contribution < 1.29 is 32.3 Å². The third-order valence-electron chi connectivity index (χ3n) is 5.40. The first-order valence-electron chi connectivity index (χ1n) is 9.58. The average Bonchev–Trinajstić information content (AvgIpc) is 3.07. The number of anilines is 2. The summed E-state index contributed by atoms with van der Waals surface area (Å²) < 4.78 is 40.9. The summed E-state index contributed by atoms with van der Waals surface area (Å²) in [5.74, 6) is -1.71. The van der Waals surface area contributed by atoms with Crippen molar-refractivity contribution in [2.24, 2.45) is 0 Å². The van der Waals surface area contributed by atoms with E-state index in [0.29, 0.717) is 11.3 Å². The standard InChI is InChI=1S/C21H18F3N3O4/c1-2-26-18(29)15-5-3-4-6-16(15)27-17(28)11-12-20(26,27)19(30)25-13-7-9-14(10-8-13)31-21(22,23)24/h3-10H,2,11-12H2,1H3,(H,25,30). The van der Waals surface area contributed by atoms with Gasteiger partial charge in [-0.1, -0.05) is 12.1 Å². The van der Waals surface area contributed by atoms with Crippen molar-refractivity contribution in [3.8, 4) is 5.75 Å². The lowest BCUT2D eigenvalue weighted by Gasteiger charge is -2.48. The summed E-state index contributed by atoms with van der Waals surface area (Å²) in [6.45, 7) is 1.90. The molecule has 0 saturated carbocycles. The molecular formula is C21H18F3N3O4. The van der Waals surface area contributed by atoms with Crippen molar-refractivity contribution in [2.75, 3.05) is 16.8 Å². The Bertz CT molecular complexity index is 1050. The predicted octanol–water partition coefficient (Wildman–Crippen LogP) is 3.52. The summed E-state index contributed by atoms with van der Waals surface area (Å²) in [6.07, 6.45) is -4.66. The second kappa shape index (κ2) is 7.29. The van der Waals surface area contributed by atoms with E-state index in [4.69, 9.17) is 0 Å². The van der Waals surface area contributed by atoms with Crippen molar-refractivity contribution in [3.63, 3.8) is 0 Å². The number of carbonyl (C=O) groups excluding carboxylic acids is 3. The number of rotatable bonds is 4. The third kappa shape index (κ3) is 3.37. The molecule has 2 heterocycles. The maximum absolute atomic E-state index is 13.4.